The first-order valence-corrected chi connectivity index (χ1v) is 12.8. The zero-order valence-electron chi connectivity index (χ0n) is 20.8. The number of nitrogens with one attached hydrogen (secondary N) is 3. The molecule has 0 bridgehead atoms. The van der Waals surface area contributed by atoms with E-state index >= 15 is 0 Å². The van der Waals surface area contributed by atoms with Crippen LogP contribution in [0.1, 0.15) is 46.5 Å². The number of thioether (sulfide) groups is 1. The summed E-state index contributed by atoms with van der Waals surface area (Å²) in [5.41, 5.74) is 16.4. The smallest absolute Gasteiger partial charge is 0.326 e. The van der Waals surface area contributed by atoms with Crippen molar-refractivity contribution in [2.24, 2.45) is 28.1 Å². The third-order valence-electron chi connectivity index (χ3n) is 4.93. The molecule has 13 nitrogen and oxygen atoms in total. The summed E-state index contributed by atoms with van der Waals surface area (Å²) in [5.74, 6) is -2.85. The van der Waals surface area contributed by atoms with Gasteiger partial charge < -0.3 is 43.4 Å². The van der Waals surface area contributed by atoms with E-state index in [2.05, 4.69) is 20.9 Å². The number of hydrogen-bond acceptors (Lipinski definition) is 8. The van der Waals surface area contributed by atoms with Gasteiger partial charge in [-0.25, -0.2) is 4.79 Å². The van der Waals surface area contributed by atoms with Gasteiger partial charge in [-0.2, -0.15) is 11.8 Å². The lowest BCUT2D eigenvalue weighted by molar-refractivity contribution is -0.143. The van der Waals surface area contributed by atoms with Crippen molar-refractivity contribution in [3.8, 4) is 0 Å². The predicted molar refractivity (Wildman–Crippen MR) is 135 cm³/mol. The minimum Gasteiger partial charge on any atom is -0.480 e. The molecule has 0 aliphatic heterocycles. The topological polar surface area (TPSA) is 235 Å². The Hall–Kier alpha value is -2.58. The Morgan fingerprint density at radius 3 is 2.03 bits per heavy atom. The second kappa shape index (κ2) is 16.9. The first-order chi connectivity index (χ1) is 16.3. The van der Waals surface area contributed by atoms with Crippen molar-refractivity contribution in [2.45, 2.75) is 76.7 Å². The Kier molecular flexibility index (Phi) is 15.7. The molecule has 0 saturated carbocycles. The summed E-state index contributed by atoms with van der Waals surface area (Å²) < 4.78 is 0. The molecule has 0 aromatic carbocycles. The van der Waals surface area contributed by atoms with Gasteiger partial charge in [-0.05, 0) is 50.5 Å². The van der Waals surface area contributed by atoms with E-state index in [0.717, 1.165) is 0 Å². The van der Waals surface area contributed by atoms with Gasteiger partial charge in [0.05, 0.1) is 12.1 Å². The number of carboxylic acids is 1. The Balaban J connectivity index is 5.52. The predicted octanol–water partition coefficient (Wildman–Crippen LogP) is -1.91. The van der Waals surface area contributed by atoms with Gasteiger partial charge in [0, 0.05) is 6.54 Å². The molecule has 0 rings (SSSR count). The third kappa shape index (κ3) is 13.8. The minimum atomic E-state index is -1.37. The summed E-state index contributed by atoms with van der Waals surface area (Å²) >= 11 is 1.51. The van der Waals surface area contributed by atoms with E-state index in [1.54, 1.807) is 0 Å². The average molecular weight is 520 g/mol. The van der Waals surface area contributed by atoms with Crippen LogP contribution >= 0.6 is 11.8 Å². The maximum absolute atomic E-state index is 12.9. The van der Waals surface area contributed by atoms with Gasteiger partial charge in [-0.15, -0.1) is 0 Å². The number of hydrogen-bond donors (Lipinski definition) is 8. The molecule has 0 fully saturated rings. The van der Waals surface area contributed by atoms with Crippen LogP contribution in [0.15, 0.2) is 4.99 Å². The van der Waals surface area contributed by atoms with Crippen molar-refractivity contribution in [1.82, 2.24) is 16.0 Å². The van der Waals surface area contributed by atoms with E-state index in [-0.39, 0.29) is 31.3 Å². The van der Waals surface area contributed by atoms with Crippen LogP contribution in [0.25, 0.3) is 0 Å². The molecule has 0 saturated heterocycles. The van der Waals surface area contributed by atoms with E-state index in [9.17, 15) is 29.4 Å². The molecule has 14 heteroatoms. The third-order valence-corrected chi connectivity index (χ3v) is 5.58. The molecule has 202 valence electrons. The molecule has 0 aromatic heterocycles. The number of nitrogens with two attached hydrogens (primary N) is 3. The van der Waals surface area contributed by atoms with Gasteiger partial charge in [-0.1, -0.05) is 13.8 Å². The summed E-state index contributed by atoms with van der Waals surface area (Å²) in [5, 5.41) is 26.9. The summed E-state index contributed by atoms with van der Waals surface area (Å²) in [6.07, 6.45) is 1.52. The number of nitrogens with zero attached hydrogens (tertiary/aromatic N) is 1. The van der Waals surface area contributed by atoms with Gasteiger partial charge in [0.1, 0.15) is 18.1 Å². The zero-order chi connectivity index (χ0) is 27.1. The largest absolute Gasteiger partial charge is 0.480 e. The van der Waals surface area contributed by atoms with E-state index in [1.165, 1.54) is 18.7 Å². The van der Waals surface area contributed by atoms with Crippen LogP contribution in [0.3, 0.4) is 0 Å². The maximum atomic E-state index is 12.9. The van der Waals surface area contributed by atoms with E-state index in [4.69, 9.17) is 17.2 Å². The van der Waals surface area contributed by atoms with Gasteiger partial charge in [-0.3, -0.25) is 19.4 Å². The Morgan fingerprint density at radius 2 is 1.54 bits per heavy atom. The first kappa shape index (κ1) is 32.4. The first-order valence-electron chi connectivity index (χ1n) is 11.4. The number of guanidine groups is 1. The Labute approximate surface area is 210 Å². The number of carbonyl (C=O) groups is 4. The normalized spacial score (nSPS) is 15.3. The van der Waals surface area contributed by atoms with E-state index < -0.39 is 54.0 Å². The molecular formula is C21H41N7O6S. The van der Waals surface area contributed by atoms with Crippen molar-refractivity contribution < 1.29 is 29.4 Å². The number of aliphatic carboxylic acids is 1. The quantitative estimate of drug-likeness (QED) is 0.0602. The molecule has 5 atom stereocenters. The molecule has 0 radical (unpaired) electrons. The van der Waals surface area contributed by atoms with Gasteiger partial charge in [0.2, 0.25) is 17.7 Å². The summed E-state index contributed by atoms with van der Waals surface area (Å²) in [4.78, 5) is 53.6. The molecular weight excluding hydrogens is 478 g/mol. The number of amides is 3. The Bertz CT molecular complexity index is 731. The fourth-order valence-electron chi connectivity index (χ4n) is 3.04. The lowest BCUT2D eigenvalue weighted by Crippen LogP contribution is -2.59. The lowest BCUT2D eigenvalue weighted by Gasteiger charge is -2.26. The van der Waals surface area contributed by atoms with Crippen molar-refractivity contribution >= 4 is 41.4 Å². The molecule has 0 heterocycles. The van der Waals surface area contributed by atoms with Gasteiger partial charge in [0.15, 0.2) is 5.96 Å². The van der Waals surface area contributed by atoms with Crippen LogP contribution in [-0.2, 0) is 19.2 Å². The van der Waals surface area contributed by atoms with Crippen molar-refractivity contribution in [1.29, 1.82) is 0 Å². The monoisotopic (exact) mass is 519 g/mol. The van der Waals surface area contributed by atoms with Crippen molar-refractivity contribution in [2.75, 3.05) is 18.6 Å². The number of carboxylic acid groups (broad SMARTS) is 1. The maximum Gasteiger partial charge on any atom is 0.326 e. The SMILES string of the molecule is CSCCC(N)C(=O)NC(C(=O)NC(CCCN=C(N)N)C(=O)NC(CC(C)C)C(=O)O)C(C)O. The zero-order valence-corrected chi connectivity index (χ0v) is 21.6. The van der Waals surface area contributed by atoms with Crippen molar-refractivity contribution in [3.63, 3.8) is 0 Å². The molecule has 0 spiro atoms. The highest BCUT2D eigenvalue weighted by atomic mass is 32.2. The van der Waals surface area contributed by atoms with Gasteiger partial charge >= 0.3 is 5.97 Å². The fraction of sp³-hybridized carbons (Fsp3) is 0.762. The standard InChI is InChI=1S/C21H41N7O6S/c1-11(2)10-15(20(33)34)27-18(31)14(6-5-8-25-21(23)24)26-19(32)16(12(3)29)28-17(30)13(22)7-9-35-4/h11-16,29H,5-10,22H2,1-4H3,(H,26,32)(H,27,31)(H,28,30)(H,33,34)(H4,23,24,25). The molecule has 0 aliphatic carbocycles. The minimum absolute atomic E-state index is 0.00328. The van der Waals surface area contributed by atoms with Gasteiger partial charge in [0.25, 0.3) is 0 Å². The highest BCUT2D eigenvalue weighted by Gasteiger charge is 2.32. The highest BCUT2D eigenvalue weighted by Crippen LogP contribution is 2.08. The second-order valence-corrected chi connectivity index (χ2v) is 9.64. The number of carbonyl (C=O) groups excluding carboxylic acids is 3. The molecule has 11 N–H and O–H groups in total. The lowest BCUT2D eigenvalue weighted by atomic mass is 10.0. The molecule has 0 aliphatic rings. The number of aliphatic hydroxyl groups excluding tert-OH is 1. The molecule has 5 unspecified atom stereocenters. The number of aliphatic hydroxyl groups is 1. The highest BCUT2D eigenvalue weighted by molar-refractivity contribution is 7.98. The van der Waals surface area contributed by atoms with E-state index in [1.807, 2.05) is 20.1 Å². The van der Waals surface area contributed by atoms with Crippen LogP contribution in [0.4, 0.5) is 0 Å². The summed E-state index contributed by atoms with van der Waals surface area (Å²) in [6.45, 7) is 5.12. The number of rotatable bonds is 17. The van der Waals surface area contributed by atoms with Crippen molar-refractivity contribution in [3.05, 3.63) is 0 Å². The van der Waals surface area contributed by atoms with Crippen LogP contribution in [0.2, 0.25) is 0 Å². The Morgan fingerprint density at radius 1 is 0.943 bits per heavy atom. The summed E-state index contributed by atoms with van der Waals surface area (Å²) in [7, 11) is 0. The molecule has 35 heavy (non-hydrogen) atoms. The average Bonchev–Trinajstić information content (AvgIpc) is 2.75. The fourth-order valence-corrected chi connectivity index (χ4v) is 3.53. The molecule has 0 aromatic rings. The van der Waals surface area contributed by atoms with Crippen LogP contribution in [-0.4, -0.2) is 88.7 Å². The summed E-state index contributed by atoms with van der Waals surface area (Å²) in [6, 6.07) is -4.56. The van der Waals surface area contributed by atoms with Crippen LogP contribution in [0.5, 0.6) is 0 Å². The van der Waals surface area contributed by atoms with Crippen LogP contribution < -0.4 is 33.2 Å². The molecule has 3 amide bonds. The van der Waals surface area contributed by atoms with Crippen LogP contribution in [0, 0.1) is 5.92 Å². The van der Waals surface area contributed by atoms with E-state index in [0.29, 0.717) is 18.6 Å². The second-order valence-electron chi connectivity index (χ2n) is 8.65. The number of aliphatic imine (C=N–C) groups is 1.